The van der Waals surface area contributed by atoms with Gasteiger partial charge < -0.3 is 9.64 Å². The molecule has 24 heavy (non-hydrogen) atoms. The van der Waals surface area contributed by atoms with Gasteiger partial charge in [0.05, 0.1) is 5.56 Å². The third kappa shape index (κ3) is 4.19. The lowest BCUT2D eigenvalue weighted by atomic mass is 10.2. The summed E-state index contributed by atoms with van der Waals surface area (Å²) < 4.78 is 27.4. The van der Waals surface area contributed by atoms with E-state index in [0.717, 1.165) is 17.4 Å². The maximum Gasteiger partial charge on any atom is 0.339 e. The molecule has 0 unspecified atom stereocenters. The molecule has 0 saturated heterocycles. The first-order valence-corrected chi connectivity index (χ1v) is 9.27. The number of ether oxygens (including phenoxy) is 1. The van der Waals surface area contributed by atoms with E-state index in [9.17, 15) is 18.0 Å². The lowest BCUT2D eigenvalue weighted by Gasteiger charge is -2.21. The van der Waals surface area contributed by atoms with Crippen LogP contribution >= 0.6 is 11.3 Å². The van der Waals surface area contributed by atoms with Crippen LogP contribution < -0.4 is 10.0 Å². The number of thiophene rings is 1. The van der Waals surface area contributed by atoms with E-state index in [1.54, 1.807) is 31.3 Å². The van der Waals surface area contributed by atoms with Crippen LogP contribution in [-0.2, 0) is 19.6 Å². The molecule has 2 rings (SSSR count). The number of para-hydroxylation sites is 1. The van der Waals surface area contributed by atoms with Gasteiger partial charge in [-0.25, -0.2) is 18.4 Å². The molecule has 1 atom stereocenters. The molecule has 0 spiro atoms. The quantitative estimate of drug-likeness (QED) is 0.807. The Kier molecular flexibility index (Phi) is 5.37. The summed E-state index contributed by atoms with van der Waals surface area (Å²) in [5.41, 5.74) is 0.698. The molecule has 0 bridgehead atoms. The van der Waals surface area contributed by atoms with Gasteiger partial charge in [0.15, 0.2) is 6.10 Å². The van der Waals surface area contributed by atoms with Crippen molar-refractivity contribution < 1.29 is 22.7 Å². The molecular formula is C15H16N2O5S2. The molecule has 7 nitrogen and oxygen atoms in total. The summed E-state index contributed by atoms with van der Waals surface area (Å²) in [6.07, 6.45) is -1.03. The molecule has 2 aromatic rings. The van der Waals surface area contributed by atoms with Crippen LogP contribution in [0.1, 0.15) is 17.3 Å². The molecule has 1 heterocycles. The number of hydrogen-bond donors (Lipinski definition) is 1. The third-order valence-electron chi connectivity index (χ3n) is 3.20. The maximum atomic E-state index is 12.3. The number of sulfonamides is 1. The van der Waals surface area contributed by atoms with Gasteiger partial charge in [-0.3, -0.25) is 4.79 Å². The van der Waals surface area contributed by atoms with Crippen molar-refractivity contribution >= 4 is 38.9 Å². The second kappa shape index (κ2) is 7.12. The summed E-state index contributed by atoms with van der Waals surface area (Å²) in [4.78, 5) is 25.7. The van der Waals surface area contributed by atoms with Gasteiger partial charge in [-0.2, -0.15) is 0 Å². The predicted molar refractivity (Wildman–Crippen MR) is 90.4 cm³/mol. The molecule has 1 amide bonds. The van der Waals surface area contributed by atoms with Gasteiger partial charge in [-0.1, -0.05) is 18.2 Å². The fraction of sp³-hybridized carbons (Fsp3) is 0.200. The zero-order chi connectivity index (χ0) is 17.9. The summed E-state index contributed by atoms with van der Waals surface area (Å²) in [6, 6.07) is 10.0. The Morgan fingerprint density at radius 1 is 1.25 bits per heavy atom. The minimum atomic E-state index is -3.87. The number of amides is 1. The topological polar surface area (TPSA) is 107 Å². The van der Waals surface area contributed by atoms with Crippen molar-refractivity contribution in [2.24, 2.45) is 5.14 Å². The van der Waals surface area contributed by atoms with Crippen LogP contribution in [0.5, 0.6) is 0 Å². The summed E-state index contributed by atoms with van der Waals surface area (Å²) in [7, 11) is -2.30. The smallest absolute Gasteiger partial charge is 0.339 e. The van der Waals surface area contributed by atoms with Gasteiger partial charge in [0.2, 0.25) is 10.0 Å². The molecule has 128 valence electrons. The predicted octanol–water partition coefficient (Wildman–Crippen LogP) is 1.60. The number of hydrogen-bond acceptors (Lipinski definition) is 6. The Labute approximate surface area is 143 Å². The second-order valence-corrected chi connectivity index (χ2v) is 7.68. The third-order valence-corrected chi connectivity index (χ3v) is 5.58. The van der Waals surface area contributed by atoms with Crippen LogP contribution in [0.2, 0.25) is 0 Å². The largest absolute Gasteiger partial charge is 0.449 e. The first-order chi connectivity index (χ1) is 11.2. The molecule has 9 heteroatoms. The van der Waals surface area contributed by atoms with Gasteiger partial charge in [-0.05, 0) is 25.1 Å². The molecule has 1 aromatic carbocycles. The van der Waals surface area contributed by atoms with Crippen molar-refractivity contribution in [1.29, 1.82) is 0 Å². The van der Waals surface area contributed by atoms with Gasteiger partial charge in [-0.15, -0.1) is 11.3 Å². The van der Waals surface area contributed by atoms with Crippen LogP contribution in [-0.4, -0.2) is 33.4 Å². The van der Waals surface area contributed by atoms with Crippen LogP contribution in [0.3, 0.4) is 0 Å². The van der Waals surface area contributed by atoms with E-state index in [1.807, 2.05) is 6.07 Å². The highest BCUT2D eigenvalue weighted by Gasteiger charge is 2.24. The Hall–Kier alpha value is -2.23. The van der Waals surface area contributed by atoms with E-state index in [-0.39, 0.29) is 9.77 Å². The van der Waals surface area contributed by atoms with Crippen LogP contribution in [0.4, 0.5) is 5.69 Å². The first-order valence-electron chi connectivity index (χ1n) is 6.85. The molecule has 0 aliphatic heterocycles. The Balaban J connectivity index is 2.06. The maximum absolute atomic E-state index is 12.3. The van der Waals surface area contributed by atoms with Crippen molar-refractivity contribution in [3.05, 3.63) is 47.3 Å². The molecule has 0 saturated carbocycles. The Bertz CT molecular complexity index is 846. The summed E-state index contributed by atoms with van der Waals surface area (Å²) in [6.45, 7) is 1.45. The van der Waals surface area contributed by atoms with Crippen molar-refractivity contribution in [3.8, 4) is 0 Å². The van der Waals surface area contributed by atoms with Gasteiger partial charge in [0, 0.05) is 18.1 Å². The van der Waals surface area contributed by atoms with Gasteiger partial charge in [0.25, 0.3) is 5.91 Å². The molecular weight excluding hydrogens is 352 g/mol. The fourth-order valence-electron chi connectivity index (χ4n) is 1.90. The van der Waals surface area contributed by atoms with Crippen LogP contribution in [0, 0.1) is 0 Å². The zero-order valence-corrected chi connectivity index (χ0v) is 14.6. The normalized spacial score (nSPS) is 12.5. The van der Waals surface area contributed by atoms with E-state index < -0.39 is 28.0 Å². The highest BCUT2D eigenvalue weighted by Crippen LogP contribution is 2.20. The zero-order valence-electron chi connectivity index (χ0n) is 13.0. The van der Waals surface area contributed by atoms with Crippen molar-refractivity contribution in [3.63, 3.8) is 0 Å². The number of anilines is 1. The monoisotopic (exact) mass is 368 g/mol. The lowest BCUT2D eigenvalue weighted by molar-refractivity contribution is -0.126. The summed E-state index contributed by atoms with van der Waals surface area (Å²) in [5, 5.41) is 6.31. The molecule has 0 radical (unpaired) electrons. The van der Waals surface area contributed by atoms with E-state index in [1.165, 1.54) is 17.2 Å². The van der Waals surface area contributed by atoms with Crippen LogP contribution in [0.25, 0.3) is 0 Å². The van der Waals surface area contributed by atoms with Gasteiger partial charge >= 0.3 is 5.97 Å². The number of carbonyl (C=O) groups is 2. The van der Waals surface area contributed by atoms with E-state index in [4.69, 9.17) is 9.88 Å². The van der Waals surface area contributed by atoms with E-state index >= 15 is 0 Å². The van der Waals surface area contributed by atoms with E-state index in [2.05, 4.69) is 0 Å². The minimum absolute atomic E-state index is 0.0334. The van der Waals surface area contributed by atoms with Crippen molar-refractivity contribution in [2.75, 3.05) is 11.9 Å². The Morgan fingerprint density at radius 2 is 1.88 bits per heavy atom. The highest BCUT2D eigenvalue weighted by atomic mass is 32.2. The lowest BCUT2D eigenvalue weighted by Crippen LogP contribution is -2.37. The number of nitrogens with zero attached hydrogens (tertiary/aromatic N) is 1. The van der Waals surface area contributed by atoms with Crippen molar-refractivity contribution in [1.82, 2.24) is 0 Å². The van der Waals surface area contributed by atoms with E-state index in [0.29, 0.717) is 5.69 Å². The number of benzene rings is 1. The summed E-state index contributed by atoms with van der Waals surface area (Å²) >= 11 is 0.814. The molecule has 1 aromatic heterocycles. The number of esters is 1. The standard InChI is InChI=1S/C15H16N2O5S2/c1-10(14(18)17(2)12-6-4-3-5-7-12)22-15(19)11-8-13(23-9-11)24(16,20)21/h3-10H,1-2H3,(H2,16,20,21)/t10-/m0/s1. The average Bonchev–Trinajstić information content (AvgIpc) is 3.04. The number of carbonyl (C=O) groups excluding carboxylic acids is 2. The number of likely N-dealkylation sites (N-methyl/N-ethyl adjacent to an activating group) is 1. The van der Waals surface area contributed by atoms with Crippen molar-refractivity contribution in [2.45, 2.75) is 17.2 Å². The van der Waals surface area contributed by atoms with Crippen LogP contribution in [0.15, 0.2) is 46.0 Å². The average molecular weight is 368 g/mol. The first kappa shape index (κ1) is 18.1. The second-order valence-electron chi connectivity index (χ2n) is 4.98. The number of rotatable bonds is 5. The summed E-state index contributed by atoms with van der Waals surface area (Å²) in [5.74, 6) is -1.19. The number of primary sulfonamides is 1. The SMILES string of the molecule is C[C@H](OC(=O)c1csc(S(N)(=O)=O)c1)C(=O)N(C)c1ccccc1. The Morgan fingerprint density at radius 3 is 2.42 bits per heavy atom. The number of nitrogens with two attached hydrogens (primary N) is 1. The fourth-order valence-corrected chi connectivity index (χ4v) is 3.48. The molecule has 0 aliphatic rings. The minimum Gasteiger partial charge on any atom is -0.449 e. The van der Waals surface area contributed by atoms with Gasteiger partial charge in [0.1, 0.15) is 4.21 Å². The molecule has 0 fully saturated rings. The molecule has 0 aliphatic carbocycles. The molecule has 2 N–H and O–H groups in total. The highest BCUT2D eigenvalue weighted by molar-refractivity contribution is 7.91.